The second-order valence-electron chi connectivity index (χ2n) is 4.37. The predicted octanol–water partition coefficient (Wildman–Crippen LogP) is 3.08. The summed E-state index contributed by atoms with van der Waals surface area (Å²) in [6.45, 7) is 3.72. The molecule has 1 aromatic heterocycles. The molecule has 1 N–H and O–H groups in total. The summed E-state index contributed by atoms with van der Waals surface area (Å²) in [5, 5.41) is 0.413. The SMILES string of the molecule is CCN(C)CCc1c[nH]c2c(F)c(F)c(F)cc12. The van der Waals surface area contributed by atoms with E-state index in [1.807, 2.05) is 14.0 Å². The molecule has 5 heteroatoms. The van der Waals surface area contributed by atoms with E-state index in [0.29, 0.717) is 11.8 Å². The van der Waals surface area contributed by atoms with Crippen LogP contribution in [0.15, 0.2) is 12.3 Å². The lowest BCUT2D eigenvalue weighted by Crippen LogP contribution is -2.20. The molecule has 2 nitrogen and oxygen atoms in total. The van der Waals surface area contributed by atoms with Crippen LogP contribution >= 0.6 is 0 Å². The molecule has 0 saturated carbocycles. The van der Waals surface area contributed by atoms with Crippen molar-refractivity contribution in [3.05, 3.63) is 35.3 Å². The van der Waals surface area contributed by atoms with E-state index in [9.17, 15) is 13.2 Å². The maximum atomic E-state index is 13.5. The maximum absolute atomic E-state index is 13.5. The Morgan fingerprint density at radius 2 is 1.94 bits per heavy atom. The fourth-order valence-corrected chi connectivity index (χ4v) is 1.90. The molecule has 0 aliphatic heterocycles. The lowest BCUT2D eigenvalue weighted by atomic mass is 10.1. The zero-order valence-corrected chi connectivity index (χ0v) is 10.4. The highest BCUT2D eigenvalue weighted by atomic mass is 19.2. The van der Waals surface area contributed by atoms with Gasteiger partial charge in [0.15, 0.2) is 17.5 Å². The van der Waals surface area contributed by atoms with Gasteiger partial charge >= 0.3 is 0 Å². The van der Waals surface area contributed by atoms with Crippen LogP contribution in [0, 0.1) is 17.5 Å². The molecule has 0 radical (unpaired) electrons. The first-order valence-corrected chi connectivity index (χ1v) is 5.86. The van der Waals surface area contributed by atoms with Gasteiger partial charge in [0.2, 0.25) is 0 Å². The zero-order chi connectivity index (χ0) is 13.3. The summed E-state index contributed by atoms with van der Waals surface area (Å²) < 4.78 is 39.7. The van der Waals surface area contributed by atoms with Crippen molar-refractivity contribution in [2.75, 3.05) is 20.1 Å². The molecule has 0 amide bonds. The van der Waals surface area contributed by atoms with Gasteiger partial charge in [-0.25, -0.2) is 13.2 Å². The molecule has 0 aliphatic rings. The van der Waals surface area contributed by atoms with Gasteiger partial charge < -0.3 is 9.88 Å². The van der Waals surface area contributed by atoms with Crippen LogP contribution in [0.2, 0.25) is 0 Å². The van der Waals surface area contributed by atoms with Crippen molar-refractivity contribution in [1.29, 1.82) is 0 Å². The van der Waals surface area contributed by atoms with Gasteiger partial charge in [-0.15, -0.1) is 0 Å². The topological polar surface area (TPSA) is 19.0 Å². The van der Waals surface area contributed by atoms with Gasteiger partial charge in [-0.1, -0.05) is 6.92 Å². The summed E-state index contributed by atoms with van der Waals surface area (Å²) >= 11 is 0. The second kappa shape index (κ2) is 5.02. The van der Waals surface area contributed by atoms with Crippen LogP contribution in [0.3, 0.4) is 0 Å². The smallest absolute Gasteiger partial charge is 0.196 e. The first-order chi connectivity index (χ1) is 8.54. The molecule has 0 unspecified atom stereocenters. The number of hydrogen-bond donors (Lipinski definition) is 1. The van der Waals surface area contributed by atoms with E-state index in [0.717, 1.165) is 24.7 Å². The molecule has 0 spiro atoms. The van der Waals surface area contributed by atoms with Gasteiger partial charge in [-0.3, -0.25) is 0 Å². The molecule has 0 saturated heterocycles. The summed E-state index contributed by atoms with van der Waals surface area (Å²) in [6, 6.07) is 1.05. The highest BCUT2D eigenvalue weighted by Crippen LogP contribution is 2.25. The van der Waals surface area contributed by atoms with Gasteiger partial charge in [-0.05, 0) is 31.6 Å². The summed E-state index contributed by atoms with van der Waals surface area (Å²) in [4.78, 5) is 4.76. The van der Waals surface area contributed by atoms with Crippen LogP contribution in [0.25, 0.3) is 10.9 Å². The fraction of sp³-hybridized carbons (Fsp3) is 0.385. The second-order valence-corrected chi connectivity index (χ2v) is 4.37. The number of nitrogens with one attached hydrogen (secondary N) is 1. The largest absolute Gasteiger partial charge is 0.358 e. The molecule has 1 heterocycles. The Labute approximate surface area is 103 Å². The highest BCUT2D eigenvalue weighted by Gasteiger charge is 2.16. The Balaban J connectivity index is 2.36. The molecular weight excluding hydrogens is 241 g/mol. The minimum Gasteiger partial charge on any atom is -0.358 e. The number of likely N-dealkylation sites (N-methyl/N-ethyl adjacent to an activating group) is 1. The third-order valence-corrected chi connectivity index (χ3v) is 3.20. The number of aromatic amines is 1. The van der Waals surface area contributed by atoms with Gasteiger partial charge in [-0.2, -0.15) is 0 Å². The molecule has 2 aromatic rings. The molecule has 98 valence electrons. The predicted molar refractivity (Wildman–Crippen MR) is 65.0 cm³/mol. The van der Waals surface area contributed by atoms with Crippen molar-refractivity contribution in [2.24, 2.45) is 0 Å². The van der Waals surface area contributed by atoms with Crippen LogP contribution in [0.1, 0.15) is 12.5 Å². The molecule has 2 rings (SSSR count). The number of nitrogens with zero attached hydrogens (tertiary/aromatic N) is 1. The van der Waals surface area contributed by atoms with Crippen LogP contribution < -0.4 is 0 Å². The quantitative estimate of drug-likeness (QED) is 0.833. The van der Waals surface area contributed by atoms with Crippen molar-refractivity contribution < 1.29 is 13.2 Å². The number of H-pyrrole nitrogens is 1. The van der Waals surface area contributed by atoms with E-state index in [4.69, 9.17) is 0 Å². The zero-order valence-electron chi connectivity index (χ0n) is 10.4. The van der Waals surface area contributed by atoms with Crippen LogP contribution in [0.4, 0.5) is 13.2 Å². The third-order valence-electron chi connectivity index (χ3n) is 3.20. The summed E-state index contributed by atoms with van der Waals surface area (Å²) in [7, 11) is 1.97. The lowest BCUT2D eigenvalue weighted by Gasteiger charge is -2.12. The Morgan fingerprint density at radius 3 is 2.61 bits per heavy atom. The highest BCUT2D eigenvalue weighted by molar-refractivity contribution is 5.84. The lowest BCUT2D eigenvalue weighted by molar-refractivity contribution is 0.358. The standard InChI is InChI=1S/C13H15F3N2/c1-3-18(2)5-4-8-7-17-13-9(8)6-10(14)11(15)12(13)16/h6-7,17H,3-5H2,1-2H3. The molecule has 0 atom stereocenters. The van der Waals surface area contributed by atoms with Crippen molar-refractivity contribution >= 4 is 10.9 Å². The van der Waals surface area contributed by atoms with Gasteiger partial charge in [0.05, 0.1) is 5.52 Å². The van der Waals surface area contributed by atoms with Crippen molar-refractivity contribution in [3.8, 4) is 0 Å². The molecule has 0 bridgehead atoms. The normalized spacial score (nSPS) is 11.7. The summed E-state index contributed by atoms with van der Waals surface area (Å²) in [5.74, 6) is -3.73. The minimum atomic E-state index is -1.43. The van der Waals surface area contributed by atoms with Crippen LogP contribution in [-0.2, 0) is 6.42 Å². The molecule has 18 heavy (non-hydrogen) atoms. The third kappa shape index (κ3) is 2.22. The molecule has 1 aromatic carbocycles. The summed E-state index contributed by atoms with van der Waals surface area (Å²) in [5.41, 5.74) is 0.825. The Bertz CT molecular complexity index is 563. The van der Waals surface area contributed by atoms with E-state index in [2.05, 4.69) is 9.88 Å². The van der Waals surface area contributed by atoms with Crippen molar-refractivity contribution in [2.45, 2.75) is 13.3 Å². The summed E-state index contributed by atoms with van der Waals surface area (Å²) in [6.07, 6.45) is 2.27. The van der Waals surface area contributed by atoms with E-state index >= 15 is 0 Å². The number of fused-ring (bicyclic) bond motifs is 1. The van der Waals surface area contributed by atoms with Crippen molar-refractivity contribution in [1.82, 2.24) is 9.88 Å². The van der Waals surface area contributed by atoms with Gasteiger partial charge in [0.25, 0.3) is 0 Å². The van der Waals surface area contributed by atoms with Crippen molar-refractivity contribution in [3.63, 3.8) is 0 Å². The van der Waals surface area contributed by atoms with E-state index in [-0.39, 0.29) is 5.52 Å². The van der Waals surface area contributed by atoms with Crippen LogP contribution in [0.5, 0.6) is 0 Å². The number of hydrogen-bond acceptors (Lipinski definition) is 1. The number of aromatic nitrogens is 1. The molecule has 0 fully saturated rings. The minimum absolute atomic E-state index is 0.0306. The molecule has 0 aliphatic carbocycles. The Morgan fingerprint density at radius 1 is 1.22 bits per heavy atom. The first kappa shape index (κ1) is 13.0. The maximum Gasteiger partial charge on any atom is 0.196 e. The molecular formula is C13H15F3N2. The Hall–Kier alpha value is -1.49. The van der Waals surface area contributed by atoms with E-state index < -0.39 is 17.5 Å². The monoisotopic (exact) mass is 256 g/mol. The average Bonchev–Trinajstić information content (AvgIpc) is 2.76. The van der Waals surface area contributed by atoms with Crippen LogP contribution in [-0.4, -0.2) is 30.0 Å². The Kier molecular flexibility index (Phi) is 3.61. The average molecular weight is 256 g/mol. The number of halogens is 3. The number of rotatable bonds is 4. The van der Waals surface area contributed by atoms with E-state index in [1.165, 1.54) is 0 Å². The fourth-order valence-electron chi connectivity index (χ4n) is 1.90. The van der Waals surface area contributed by atoms with Gasteiger partial charge in [0.1, 0.15) is 0 Å². The van der Waals surface area contributed by atoms with E-state index in [1.54, 1.807) is 6.20 Å². The first-order valence-electron chi connectivity index (χ1n) is 5.86. The van der Waals surface area contributed by atoms with Gasteiger partial charge in [0, 0.05) is 18.1 Å². The number of benzene rings is 1.